The largest absolute Gasteiger partial charge is 0.304 e. The summed E-state index contributed by atoms with van der Waals surface area (Å²) in [5, 5.41) is 7.69. The lowest BCUT2D eigenvalue weighted by Gasteiger charge is -2.06. The van der Waals surface area contributed by atoms with Crippen LogP contribution >= 0.6 is 0 Å². The molecule has 0 aliphatic rings. The highest BCUT2D eigenvalue weighted by Crippen LogP contribution is 1.97. The normalized spacial score (nSPS) is 11.8. The molecule has 0 spiro atoms. The molecular weight excluding hydrogens is 150 g/mol. The Labute approximate surface area is 71.9 Å². The van der Waals surface area contributed by atoms with Gasteiger partial charge in [0.05, 0.1) is 5.69 Å². The summed E-state index contributed by atoms with van der Waals surface area (Å²) in [5.74, 6) is 0. The van der Waals surface area contributed by atoms with Gasteiger partial charge in [-0.1, -0.05) is 6.08 Å². The third kappa shape index (κ3) is 1.44. The summed E-state index contributed by atoms with van der Waals surface area (Å²) in [7, 11) is 0. The first-order chi connectivity index (χ1) is 5.66. The first-order valence-corrected chi connectivity index (χ1v) is 3.89. The number of hydrogen-bond acceptors (Lipinski definition) is 2. The Morgan fingerprint density at radius 3 is 2.92 bits per heavy atom. The second-order valence-electron chi connectivity index (χ2n) is 2.66. The maximum Gasteiger partial charge on any atom is 0.150 e. The summed E-state index contributed by atoms with van der Waals surface area (Å²) in [6.07, 6.45) is 5.47. The van der Waals surface area contributed by atoms with Crippen LogP contribution in [0.1, 0.15) is 19.5 Å². The molecule has 3 nitrogen and oxygen atoms in total. The summed E-state index contributed by atoms with van der Waals surface area (Å²) in [5.41, 5.74) is 2.25. The van der Waals surface area contributed by atoms with Gasteiger partial charge in [0.1, 0.15) is 0 Å². The van der Waals surface area contributed by atoms with Crippen LogP contribution in [0.5, 0.6) is 0 Å². The summed E-state index contributed by atoms with van der Waals surface area (Å²) in [4.78, 5) is 4.02. The highest BCUT2D eigenvalue weighted by Gasteiger charge is 1.95. The molecule has 1 aromatic heterocycles. The predicted octanol–water partition coefficient (Wildman–Crippen LogP) is 1.55. The summed E-state index contributed by atoms with van der Waals surface area (Å²) >= 11 is 0. The van der Waals surface area contributed by atoms with E-state index in [4.69, 9.17) is 5.41 Å². The van der Waals surface area contributed by atoms with Crippen molar-refractivity contribution in [3.63, 3.8) is 0 Å². The van der Waals surface area contributed by atoms with E-state index in [1.165, 1.54) is 0 Å². The molecule has 1 heterocycles. The van der Waals surface area contributed by atoms with Crippen molar-refractivity contribution in [3.05, 3.63) is 29.7 Å². The second-order valence-corrected chi connectivity index (χ2v) is 2.66. The first-order valence-electron chi connectivity index (χ1n) is 3.89. The molecule has 0 bridgehead atoms. The van der Waals surface area contributed by atoms with Crippen LogP contribution in [0, 0.1) is 12.3 Å². The molecule has 0 aliphatic heterocycles. The van der Waals surface area contributed by atoms with Crippen LogP contribution in [0.15, 0.2) is 18.5 Å². The van der Waals surface area contributed by atoms with Crippen molar-refractivity contribution in [1.82, 2.24) is 9.55 Å². The van der Waals surface area contributed by atoms with Gasteiger partial charge in [-0.25, -0.2) is 0 Å². The molecule has 3 heteroatoms. The molecule has 1 rings (SSSR count). The van der Waals surface area contributed by atoms with E-state index in [-0.39, 0.29) is 0 Å². The van der Waals surface area contributed by atoms with E-state index in [1.54, 1.807) is 12.4 Å². The van der Waals surface area contributed by atoms with Gasteiger partial charge < -0.3 is 4.57 Å². The van der Waals surface area contributed by atoms with Crippen LogP contribution in [0.2, 0.25) is 0 Å². The van der Waals surface area contributed by atoms with Crippen molar-refractivity contribution in [2.75, 3.05) is 0 Å². The zero-order valence-corrected chi connectivity index (χ0v) is 7.63. The van der Waals surface area contributed by atoms with Crippen LogP contribution in [0.3, 0.4) is 0 Å². The molecule has 0 unspecified atom stereocenters. The molecule has 64 valence electrons. The van der Waals surface area contributed by atoms with Gasteiger partial charge in [-0.05, 0) is 20.8 Å². The van der Waals surface area contributed by atoms with Crippen molar-refractivity contribution in [2.24, 2.45) is 0 Å². The van der Waals surface area contributed by atoms with Crippen LogP contribution < -0.4 is 5.49 Å². The number of nitrogens with zero attached hydrogens (tertiary/aromatic N) is 2. The second kappa shape index (κ2) is 3.34. The molecule has 12 heavy (non-hydrogen) atoms. The molecule has 1 aromatic rings. The lowest BCUT2D eigenvalue weighted by Crippen LogP contribution is -2.21. The van der Waals surface area contributed by atoms with Gasteiger partial charge in [-0.15, -0.1) is 0 Å². The number of allylic oxidation sites excluding steroid dienone is 2. The van der Waals surface area contributed by atoms with Gasteiger partial charge in [0.25, 0.3) is 0 Å². The fourth-order valence-electron chi connectivity index (χ4n) is 0.955. The van der Waals surface area contributed by atoms with Crippen LogP contribution in [-0.4, -0.2) is 9.55 Å². The Bertz CT molecular complexity index is 360. The third-order valence-corrected chi connectivity index (χ3v) is 1.87. The number of hydrogen-bond donors (Lipinski definition) is 1. The van der Waals surface area contributed by atoms with Gasteiger partial charge in [-0.3, -0.25) is 10.4 Å². The summed E-state index contributed by atoms with van der Waals surface area (Å²) < 4.78 is 1.81. The van der Waals surface area contributed by atoms with Crippen LogP contribution in [0.25, 0.3) is 5.70 Å². The molecule has 0 amide bonds. The molecule has 0 atom stereocenters. The van der Waals surface area contributed by atoms with Gasteiger partial charge in [0, 0.05) is 18.1 Å². The lowest BCUT2D eigenvalue weighted by molar-refractivity contribution is 0.876. The predicted molar refractivity (Wildman–Crippen MR) is 48.4 cm³/mol. The standard InChI is InChI=1S/C9H13N3/c1-4-7(2)12-6-5-11-8(3)9(12)10/h4-6,10H,1-3H3/b7-4-,10-9?. The molecule has 0 saturated heterocycles. The maximum atomic E-state index is 7.69. The monoisotopic (exact) mass is 163 g/mol. The zero-order chi connectivity index (χ0) is 9.14. The lowest BCUT2D eigenvalue weighted by atomic mass is 10.4. The van der Waals surface area contributed by atoms with E-state index in [0.717, 1.165) is 11.4 Å². The van der Waals surface area contributed by atoms with Crippen LogP contribution in [-0.2, 0) is 0 Å². The molecule has 0 aromatic carbocycles. The Kier molecular flexibility index (Phi) is 2.43. The van der Waals surface area contributed by atoms with Crippen molar-refractivity contribution < 1.29 is 0 Å². The van der Waals surface area contributed by atoms with Gasteiger partial charge >= 0.3 is 0 Å². The third-order valence-electron chi connectivity index (χ3n) is 1.87. The van der Waals surface area contributed by atoms with E-state index in [1.807, 2.05) is 31.4 Å². The maximum absolute atomic E-state index is 7.69. The smallest absolute Gasteiger partial charge is 0.150 e. The Balaban J connectivity index is 3.36. The average molecular weight is 163 g/mol. The molecule has 0 aliphatic carbocycles. The molecule has 0 fully saturated rings. The highest BCUT2D eigenvalue weighted by molar-refractivity contribution is 5.40. The molecule has 0 saturated carbocycles. The number of nitrogens with one attached hydrogen (secondary N) is 1. The van der Waals surface area contributed by atoms with E-state index in [0.29, 0.717) is 5.49 Å². The van der Waals surface area contributed by atoms with Gasteiger partial charge in [0.2, 0.25) is 0 Å². The summed E-state index contributed by atoms with van der Waals surface area (Å²) in [6, 6.07) is 0. The number of aromatic nitrogens is 2. The van der Waals surface area contributed by atoms with Crippen molar-refractivity contribution >= 4 is 5.70 Å². The van der Waals surface area contributed by atoms with Crippen molar-refractivity contribution in [3.8, 4) is 0 Å². The Hall–Kier alpha value is -1.38. The minimum atomic E-state index is 0.452. The fraction of sp³-hybridized carbons (Fsp3) is 0.333. The topological polar surface area (TPSA) is 41.7 Å². The first kappa shape index (κ1) is 8.71. The Morgan fingerprint density at radius 1 is 1.67 bits per heavy atom. The van der Waals surface area contributed by atoms with Crippen molar-refractivity contribution in [2.45, 2.75) is 20.8 Å². The van der Waals surface area contributed by atoms with E-state index in [9.17, 15) is 0 Å². The van der Waals surface area contributed by atoms with Crippen molar-refractivity contribution in [1.29, 1.82) is 5.41 Å². The zero-order valence-electron chi connectivity index (χ0n) is 7.63. The number of rotatable bonds is 1. The van der Waals surface area contributed by atoms with Gasteiger partial charge in [-0.2, -0.15) is 0 Å². The van der Waals surface area contributed by atoms with E-state index >= 15 is 0 Å². The van der Waals surface area contributed by atoms with Gasteiger partial charge in [0.15, 0.2) is 5.49 Å². The fourth-order valence-corrected chi connectivity index (χ4v) is 0.955. The number of aryl methyl sites for hydroxylation is 1. The average Bonchev–Trinajstić information content (AvgIpc) is 2.08. The molecular formula is C9H13N3. The van der Waals surface area contributed by atoms with Crippen LogP contribution in [0.4, 0.5) is 0 Å². The summed E-state index contributed by atoms with van der Waals surface area (Å²) in [6.45, 7) is 5.76. The molecule has 1 N–H and O–H groups in total. The van der Waals surface area contributed by atoms with E-state index in [2.05, 4.69) is 4.98 Å². The van der Waals surface area contributed by atoms with E-state index < -0.39 is 0 Å². The quantitative estimate of drug-likeness (QED) is 0.670. The highest BCUT2D eigenvalue weighted by atomic mass is 15.0. The Morgan fingerprint density at radius 2 is 2.33 bits per heavy atom. The minimum absolute atomic E-state index is 0.452. The SMILES string of the molecule is C/C=C(/C)n1ccnc(C)c1=N. The minimum Gasteiger partial charge on any atom is -0.304 e. The molecule has 0 radical (unpaired) electrons.